The summed E-state index contributed by atoms with van der Waals surface area (Å²) in [6.07, 6.45) is 3.88. The predicted molar refractivity (Wildman–Crippen MR) is 45.6 cm³/mol. The molecule has 0 aliphatic heterocycles. The van der Waals surface area contributed by atoms with E-state index in [-0.39, 0.29) is 0 Å². The van der Waals surface area contributed by atoms with E-state index in [0.29, 0.717) is 12.8 Å². The molecule has 1 rings (SSSR count). The fourth-order valence-electron chi connectivity index (χ4n) is 1.54. The van der Waals surface area contributed by atoms with Gasteiger partial charge in [0.25, 0.3) is 0 Å². The van der Waals surface area contributed by atoms with Gasteiger partial charge in [0, 0.05) is 5.92 Å². The minimum atomic E-state index is -1.56. The molecular formula is C9H10O5. The molecule has 1 aliphatic rings. The third-order valence-electron chi connectivity index (χ3n) is 2.25. The van der Waals surface area contributed by atoms with Gasteiger partial charge in [-0.25, -0.2) is 4.79 Å². The van der Waals surface area contributed by atoms with Crippen LogP contribution in [0.5, 0.6) is 0 Å². The Morgan fingerprint density at radius 1 is 1.21 bits per heavy atom. The minimum Gasteiger partial charge on any atom is -0.481 e. The van der Waals surface area contributed by atoms with Gasteiger partial charge in [0.05, 0.1) is 5.92 Å². The maximum atomic E-state index is 11.1. The number of carbonyl (C=O) groups excluding carboxylic acids is 1. The lowest BCUT2D eigenvalue weighted by molar-refractivity contribution is -0.154. The van der Waals surface area contributed by atoms with E-state index in [1.54, 1.807) is 6.08 Å². The number of hydrogen-bond acceptors (Lipinski definition) is 3. The van der Waals surface area contributed by atoms with Crippen molar-refractivity contribution in [3.63, 3.8) is 0 Å². The smallest absolute Gasteiger partial charge is 0.372 e. The summed E-state index contributed by atoms with van der Waals surface area (Å²) < 4.78 is 0. The first-order valence-corrected chi connectivity index (χ1v) is 4.20. The van der Waals surface area contributed by atoms with Gasteiger partial charge in [0.15, 0.2) is 0 Å². The molecule has 0 saturated heterocycles. The minimum absolute atomic E-state index is 0.290. The molecule has 0 spiro atoms. The highest BCUT2D eigenvalue weighted by atomic mass is 16.4. The van der Waals surface area contributed by atoms with Crippen LogP contribution < -0.4 is 0 Å². The van der Waals surface area contributed by atoms with Crippen molar-refractivity contribution in [1.82, 2.24) is 0 Å². The summed E-state index contributed by atoms with van der Waals surface area (Å²) >= 11 is 0. The zero-order valence-corrected chi connectivity index (χ0v) is 7.34. The third-order valence-corrected chi connectivity index (χ3v) is 2.25. The van der Waals surface area contributed by atoms with E-state index in [0.717, 1.165) is 0 Å². The summed E-state index contributed by atoms with van der Waals surface area (Å²) in [7, 11) is 0. The second-order valence-corrected chi connectivity index (χ2v) is 3.15. The quantitative estimate of drug-likeness (QED) is 0.503. The van der Waals surface area contributed by atoms with Crippen LogP contribution in [0.15, 0.2) is 12.2 Å². The molecule has 0 fully saturated rings. The molecule has 0 aromatic rings. The highest BCUT2D eigenvalue weighted by Crippen LogP contribution is 2.25. The van der Waals surface area contributed by atoms with Gasteiger partial charge in [-0.3, -0.25) is 9.59 Å². The van der Waals surface area contributed by atoms with E-state index < -0.39 is 29.6 Å². The molecule has 0 aromatic heterocycles. The Kier molecular flexibility index (Phi) is 3.01. The first-order valence-electron chi connectivity index (χ1n) is 4.20. The highest BCUT2D eigenvalue weighted by Gasteiger charge is 2.36. The van der Waals surface area contributed by atoms with Crippen LogP contribution in [0.2, 0.25) is 0 Å². The van der Waals surface area contributed by atoms with E-state index in [4.69, 9.17) is 10.2 Å². The number of carboxylic acids is 2. The largest absolute Gasteiger partial charge is 0.481 e. The molecule has 0 amide bonds. The van der Waals surface area contributed by atoms with Crippen molar-refractivity contribution in [1.29, 1.82) is 0 Å². The Bertz CT molecular complexity index is 304. The van der Waals surface area contributed by atoms with Crippen LogP contribution in [0, 0.1) is 11.8 Å². The Labute approximate surface area is 80.0 Å². The molecule has 76 valence electrons. The Morgan fingerprint density at radius 2 is 1.86 bits per heavy atom. The second-order valence-electron chi connectivity index (χ2n) is 3.15. The van der Waals surface area contributed by atoms with E-state index >= 15 is 0 Å². The second kappa shape index (κ2) is 4.04. The molecule has 1 aliphatic carbocycles. The van der Waals surface area contributed by atoms with Crippen molar-refractivity contribution in [2.75, 3.05) is 0 Å². The molecular weight excluding hydrogens is 188 g/mol. The molecule has 2 N–H and O–H groups in total. The van der Waals surface area contributed by atoms with Gasteiger partial charge in [-0.2, -0.15) is 0 Å². The summed E-state index contributed by atoms with van der Waals surface area (Å²) in [5, 5.41) is 17.2. The molecule has 0 bridgehead atoms. The molecule has 2 atom stereocenters. The topological polar surface area (TPSA) is 91.7 Å². The summed E-state index contributed by atoms with van der Waals surface area (Å²) in [6, 6.07) is 0. The van der Waals surface area contributed by atoms with Crippen LogP contribution in [0.25, 0.3) is 0 Å². The molecule has 0 heterocycles. The van der Waals surface area contributed by atoms with Gasteiger partial charge in [-0.05, 0) is 12.8 Å². The monoisotopic (exact) mass is 198 g/mol. The first kappa shape index (κ1) is 10.4. The predicted octanol–water partition coefficient (Wildman–Crippen LogP) is 0.307. The van der Waals surface area contributed by atoms with Crippen LogP contribution in [0.3, 0.4) is 0 Å². The summed E-state index contributed by atoms with van der Waals surface area (Å²) in [5.74, 6) is -5.64. The lowest BCUT2D eigenvalue weighted by Crippen LogP contribution is -2.34. The first-order chi connectivity index (χ1) is 6.54. The Balaban J connectivity index is 2.86. The van der Waals surface area contributed by atoms with Crippen LogP contribution in [0.4, 0.5) is 0 Å². The van der Waals surface area contributed by atoms with Crippen LogP contribution in [-0.4, -0.2) is 27.9 Å². The summed E-state index contributed by atoms with van der Waals surface area (Å²) in [5.41, 5.74) is 0. The lowest BCUT2D eigenvalue weighted by atomic mass is 9.81. The number of rotatable bonds is 3. The van der Waals surface area contributed by atoms with E-state index in [9.17, 15) is 14.4 Å². The average molecular weight is 198 g/mol. The van der Waals surface area contributed by atoms with Crippen LogP contribution in [0.1, 0.15) is 12.8 Å². The Hall–Kier alpha value is -1.65. The van der Waals surface area contributed by atoms with Crippen molar-refractivity contribution in [3.8, 4) is 0 Å². The molecule has 5 heteroatoms. The van der Waals surface area contributed by atoms with Crippen molar-refractivity contribution < 1.29 is 24.6 Å². The van der Waals surface area contributed by atoms with Crippen LogP contribution >= 0.6 is 0 Å². The molecule has 14 heavy (non-hydrogen) atoms. The zero-order chi connectivity index (χ0) is 10.7. The number of Topliss-reactive ketones (excluding diaryl/α,β-unsaturated/α-hetero) is 1. The number of ketones is 1. The average Bonchev–Trinajstić information content (AvgIpc) is 2.16. The Morgan fingerprint density at radius 3 is 2.36 bits per heavy atom. The number of carboxylic acid groups (broad SMARTS) is 2. The highest BCUT2D eigenvalue weighted by molar-refractivity contribution is 6.34. The number of aliphatic carboxylic acids is 2. The van der Waals surface area contributed by atoms with Gasteiger partial charge in [0.2, 0.25) is 5.78 Å². The standard InChI is InChI=1S/C9H10O5/c10-7(9(13)14)5-3-1-2-4-6(5)8(11)12/h2,4-6H,1,3H2,(H,11,12)(H,13,14). The molecule has 2 unspecified atom stereocenters. The number of allylic oxidation sites excluding steroid dienone is 1. The summed E-state index contributed by atoms with van der Waals surface area (Å²) in [4.78, 5) is 32.2. The van der Waals surface area contributed by atoms with Gasteiger partial charge < -0.3 is 10.2 Å². The maximum absolute atomic E-state index is 11.1. The van der Waals surface area contributed by atoms with Gasteiger partial charge in [0.1, 0.15) is 0 Å². The molecule has 0 radical (unpaired) electrons. The maximum Gasteiger partial charge on any atom is 0.372 e. The third kappa shape index (κ3) is 1.99. The summed E-state index contributed by atoms with van der Waals surface area (Å²) in [6.45, 7) is 0. The normalized spacial score (nSPS) is 25.7. The van der Waals surface area contributed by atoms with Gasteiger partial charge in [-0.1, -0.05) is 12.2 Å². The van der Waals surface area contributed by atoms with Crippen molar-refractivity contribution in [2.24, 2.45) is 11.8 Å². The number of carbonyl (C=O) groups is 3. The lowest BCUT2D eigenvalue weighted by Gasteiger charge is -2.21. The number of hydrogen-bond donors (Lipinski definition) is 2. The van der Waals surface area contributed by atoms with Crippen molar-refractivity contribution in [3.05, 3.63) is 12.2 Å². The van der Waals surface area contributed by atoms with E-state index in [1.807, 2.05) is 0 Å². The molecule has 5 nitrogen and oxygen atoms in total. The van der Waals surface area contributed by atoms with E-state index in [1.165, 1.54) is 6.08 Å². The van der Waals surface area contributed by atoms with E-state index in [2.05, 4.69) is 0 Å². The fraction of sp³-hybridized carbons (Fsp3) is 0.444. The van der Waals surface area contributed by atoms with Crippen molar-refractivity contribution in [2.45, 2.75) is 12.8 Å². The molecule has 0 saturated carbocycles. The van der Waals surface area contributed by atoms with Gasteiger partial charge >= 0.3 is 11.9 Å². The molecule has 0 aromatic carbocycles. The fourth-order valence-corrected chi connectivity index (χ4v) is 1.54. The SMILES string of the molecule is O=C(O)C(=O)C1CCC=CC1C(=O)O. The zero-order valence-electron chi connectivity index (χ0n) is 7.34. The van der Waals surface area contributed by atoms with Crippen molar-refractivity contribution >= 4 is 17.7 Å². The van der Waals surface area contributed by atoms with Gasteiger partial charge in [-0.15, -0.1) is 0 Å². The van der Waals surface area contributed by atoms with Crippen LogP contribution in [-0.2, 0) is 14.4 Å².